The van der Waals surface area contributed by atoms with E-state index in [9.17, 15) is 10.2 Å². The molecule has 3 aromatic rings. The molecule has 9 nitrogen and oxygen atoms in total. The molecule has 0 spiro atoms. The molecule has 0 saturated heterocycles. The predicted octanol–water partition coefficient (Wildman–Crippen LogP) is 7.79. The fourth-order valence-electron chi connectivity index (χ4n) is 5.17. The summed E-state index contributed by atoms with van der Waals surface area (Å²) in [5.41, 5.74) is 7.02. The van der Waals surface area contributed by atoms with Crippen LogP contribution in [0.3, 0.4) is 0 Å². The number of phenols is 2. The Hall–Kier alpha value is -5.05. The van der Waals surface area contributed by atoms with Gasteiger partial charge in [0.25, 0.3) is 5.09 Å². The largest absolute Gasteiger partial charge is 0.508 e. The summed E-state index contributed by atoms with van der Waals surface area (Å²) in [7, 11) is 0. The SMILES string of the molecule is C.CCN(CC)c1ccc(Cc2ccc(C)cc2O)c(O)c1.CC[N+](CC)=c1ccc2cc3ccc(C)cc3oc-2c1.O=[N+]([O-])O. The first kappa shape index (κ1) is 37.1. The summed E-state index contributed by atoms with van der Waals surface area (Å²) in [4.78, 5) is 10.5. The van der Waals surface area contributed by atoms with E-state index in [1.807, 2.05) is 31.2 Å². The van der Waals surface area contributed by atoms with Crippen LogP contribution in [0.25, 0.3) is 22.3 Å². The molecule has 3 N–H and O–H groups in total. The van der Waals surface area contributed by atoms with Crippen LogP contribution in [-0.2, 0) is 6.42 Å². The monoisotopic (exact) mass is 630 g/mol. The van der Waals surface area contributed by atoms with Gasteiger partial charge in [-0.3, -0.25) is 0 Å². The number of nitrogens with zero attached hydrogens (tertiary/aromatic N) is 3. The van der Waals surface area contributed by atoms with Crippen molar-refractivity contribution in [1.29, 1.82) is 0 Å². The highest BCUT2D eigenvalue weighted by Crippen LogP contribution is 2.30. The highest BCUT2D eigenvalue weighted by atomic mass is 16.9. The number of hydrogen-bond donors (Lipinski definition) is 3. The summed E-state index contributed by atoms with van der Waals surface area (Å²) < 4.78 is 8.41. The minimum Gasteiger partial charge on any atom is -0.508 e. The minimum absolute atomic E-state index is 0. The number of hydrogen-bond acceptors (Lipinski definition) is 6. The maximum atomic E-state index is 10.2. The molecule has 2 aliphatic rings. The molecule has 0 saturated carbocycles. The lowest BCUT2D eigenvalue weighted by Gasteiger charge is -2.21. The summed E-state index contributed by atoms with van der Waals surface area (Å²) in [5, 5.41) is 36.2. The molecule has 3 aromatic carbocycles. The van der Waals surface area contributed by atoms with Crippen molar-refractivity contribution in [3.05, 3.63) is 117 Å². The maximum absolute atomic E-state index is 10.2. The van der Waals surface area contributed by atoms with Gasteiger partial charge in [0, 0.05) is 48.3 Å². The Balaban J connectivity index is 0.000000282. The van der Waals surface area contributed by atoms with Gasteiger partial charge in [-0.1, -0.05) is 37.8 Å². The van der Waals surface area contributed by atoms with E-state index in [0.717, 1.165) is 70.8 Å². The van der Waals surface area contributed by atoms with Gasteiger partial charge in [-0.05, 0) is 94.1 Å². The Kier molecular flexibility index (Phi) is 14.1. The first-order chi connectivity index (χ1) is 21.5. The number of rotatable bonds is 7. The molecule has 46 heavy (non-hydrogen) atoms. The van der Waals surface area contributed by atoms with Crippen molar-refractivity contribution in [3.63, 3.8) is 0 Å². The van der Waals surface area contributed by atoms with Crippen LogP contribution in [0.1, 0.15) is 57.4 Å². The molecule has 246 valence electrons. The Morgan fingerprint density at radius 2 is 1.33 bits per heavy atom. The standard InChI is InChI=1S/C18H23NO2.C18H20NO.CH4.HNO3/c1-4-19(5-2)16-9-8-15(18(21)12-16)11-14-7-6-13(3)10-17(14)20;1-4-19(5-2)16-9-8-15-11-14-7-6-13(3)10-17(14)20-18(15)12-16;;2-1(3)4/h6-10,12,20-21H,4-5,11H2,1-3H3;6-12H,4-5H2,1-3H3;1H4;(H,2,3,4)/q;+1;;. The molecule has 0 bridgehead atoms. The predicted molar refractivity (Wildman–Crippen MR) is 187 cm³/mol. The second-order valence-corrected chi connectivity index (χ2v) is 10.7. The van der Waals surface area contributed by atoms with Crippen molar-refractivity contribution in [2.24, 2.45) is 0 Å². The summed E-state index contributed by atoms with van der Waals surface area (Å²) in [6.07, 6.45) is 0.524. The summed E-state index contributed by atoms with van der Waals surface area (Å²) in [5.74, 6) is 1.51. The lowest BCUT2D eigenvalue weighted by atomic mass is 10.0. The lowest BCUT2D eigenvalue weighted by Crippen LogP contribution is -2.29. The maximum Gasteiger partial charge on any atom is 0.291 e. The van der Waals surface area contributed by atoms with Crippen LogP contribution < -0.4 is 14.8 Å². The van der Waals surface area contributed by atoms with Gasteiger partial charge in [-0.25, -0.2) is 4.58 Å². The van der Waals surface area contributed by atoms with Crippen molar-refractivity contribution >= 4 is 16.7 Å². The minimum atomic E-state index is -1.50. The molecular weight excluding hydrogens is 582 g/mol. The normalized spacial score (nSPS) is 10.2. The summed E-state index contributed by atoms with van der Waals surface area (Å²) >= 11 is 0. The van der Waals surface area contributed by atoms with Crippen molar-refractivity contribution in [1.82, 2.24) is 4.58 Å². The summed E-state index contributed by atoms with van der Waals surface area (Å²) in [6, 6.07) is 26.4. The van der Waals surface area contributed by atoms with Gasteiger partial charge in [-0.15, -0.1) is 10.1 Å². The second kappa shape index (κ2) is 17.4. The van der Waals surface area contributed by atoms with E-state index in [-0.39, 0.29) is 18.9 Å². The van der Waals surface area contributed by atoms with Crippen LogP contribution in [0, 0.1) is 24.0 Å². The van der Waals surface area contributed by atoms with Crippen LogP contribution in [0.2, 0.25) is 0 Å². The van der Waals surface area contributed by atoms with Gasteiger partial charge in [0.05, 0.1) is 6.07 Å². The molecular formula is C37H48N3O6+. The molecule has 1 aliphatic carbocycles. The fourth-order valence-corrected chi connectivity index (χ4v) is 5.17. The Bertz CT molecular complexity index is 1770. The molecule has 9 heteroatoms. The van der Waals surface area contributed by atoms with E-state index < -0.39 is 5.09 Å². The van der Waals surface area contributed by atoms with Crippen LogP contribution in [0.5, 0.6) is 11.5 Å². The van der Waals surface area contributed by atoms with Crippen molar-refractivity contribution in [3.8, 4) is 22.8 Å². The number of fused-ring (bicyclic) bond motifs is 2. The zero-order valence-electron chi connectivity index (χ0n) is 26.9. The number of benzene rings is 4. The molecule has 1 heterocycles. The first-order valence-electron chi connectivity index (χ1n) is 15.2. The second-order valence-electron chi connectivity index (χ2n) is 10.7. The molecule has 0 aromatic heterocycles. The van der Waals surface area contributed by atoms with Gasteiger partial charge in [0.15, 0.2) is 0 Å². The van der Waals surface area contributed by atoms with Crippen LogP contribution in [0.4, 0.5) is 5.69 Å². The van der Waals surface area contributed by atoms with E-state index in [0.29, 0.717) is 6.42 Å². The van der Waals surface area contributed by atoms with Crippen molar-refractivity contribution < 1.29 is 24.9 Å². The molecule has 0 amide bonds. The topological polar surface area (TPSA) is 123 Å². The van der Waals surface area contributed by atoms with Gasteiger partial charge in [-0.2, -0.15) is 0 Å². The van der Waals surface area contributed by atoms with E-state index in [1.165, 1.54) is 10.9 Å². The fraction of sp³-hybridized carbons (Fsp3) is 0.324. The Morgan fingerprint density at radius 1 is 0.761 bits per heavy atom. The van der Waals surface area contributed by atoms with Crippen LogP contribution in [-0.4, -0.2) is 46.7 Å². The first-order valence-corrected chi connectivity index (χ1v) is 15.2. The molecule has 0 radical (unpaired) electrons. The van der Waals surface area contributed by atoms with Gasteiger partial charge in [0.2, 0.25) is 5.36 Å². The molecule has 5 rings (SSSR count). The zero-order valence-corrected chi connectivity index (χ0v) is 26.9. The molecule has 0 fully saturated rings. The van der Waals surface area contributed by atoms with Crippen molar-refractivity contribution in [2.75, 3.05) is 31.1 Å². The van der Waals surface area contributed by atoms with Crippen molar-refractivity contribution in [2.45, 2.75) is 55.4 Å². The summed E-state index contributed by atoms with van der Waals surface area (Å²) in [6.45, 7) is 16.4. The third-order valence-corrected chi connectivity index (χ3v) is 7.64. The lowest BCUT2D eigenvalue weighted by molar-refractivity contribution is -0.742. The quantitative estimate of drug-likeness (QED) is 0.0726. The smallest absolute Gasteiger partial charge is 0.291 e. The number of anilines is 1. The average molecular weight is 631 g/mol. The zero-order chi connectivity index (χ0) is 33.1. The highest BCUT2D eigenvalue weighted by Gasteiger charge is 2.11. The van der Waals surface area contributed by atoms with Crippen LogP contribution in [0.15, 0.2) is 83.3 Å². The number of aryl methyl sites for hydroxylation is 2. The Morgan fingerprint density at radius 3 is 1.89 bits per heavy atom. The number of phenolic OH excluding ortho intramolecular Hbond substituents is 2. The van der Waals surface area contributed by atoms with Gasteiger partial charge in [0.1, 0.15) is 35.9 Å². The van der Waals surface area contributed by atoms with E-state index in [4.69, 9.17) is 19.7 Å². The van der Waals surface area contributed by atoms with Gasteiger partial charge >= 0.3 is 0 Å². The van der Waals surface area contributed by atoms with Crippen LogP contribution >= 0.6 is 0 Å². The molecule has 1 aliphatic heterocycles. The molecule has 0 unspecified atom stereocenters. The van der Waals surface area contributed by atoms with E-state index in [1.54, 1.807) is 12.1 Å². The number of aromatic hydroxyl groups is 2. The average Bonchev–Trinajstić information content (AvgIpc) is 3.00. The third kappa shape index (κ3) is 9.99. The molecule has 0 atom stereocenters. The van der Waals surface area contributed by atoms with E-state index in [2.05, 4.69) is 86.6 Å². The van der Waals surface area contributed by atoms with Gasteiger partial charge < -0.3 is 24.7 Å². The highest BCUT2D eigenvalue weighted by molar-refractivity contribution is 5.83. The Labute approximate surface area is 271 Å². The third-order valence-electron chi connectivity index (χ3n) is 7.64. The van der Waals surface area contributed by atoms with E-state index >= 15 is 0 Å².